The lowest BCUT2D eigenvalue weighted by Crippen LogP contribution is -2.37. The lowest BCUT2D eigenvalue weighted by molar-refractivity contribution is -0.126. The molecule has 2 saturated heterocycles. The minimum absolute atomic E-state index is 0.273. The zero-order chi connectivity index (χ0) is 23.1. The fourth-order valence-corrected chi connectivity index (χ4v) is 4.46. The van der Waals surface area contributed by atoms with E-state index in [1.54, 1.807) is 31.4 Å². The van der Waals surface area contributed by atoms with Gasteiger partial charge in [-0.15, -0.1) is 0 Å². The molecule has 0 spiro atoms. The number of hydrogen-bond donors (Lipinski definition) is 0. The van der Waals surface area contributed by atoms with Crippen LogP contribution in [0.1, 0.15) is 17.2 Å². The van der Waals surface area contributed by atoms with Gasteiger partial charge >= 0.3 is 0 Å². The van der Waals surface area contributed by atoms with Crippen LogP contribution in [0.3, 0.4) is 0 Å². The monoisotopic (exact) mass is 444 g/mol. The van der Waals surface area contributed by atoms with Crippen molar-refractivity contribution < 1.29 is 23.9 Å². The van der Waals surface area contributed by atoms with E-state index in [4.69, 9.17) is 14.3 Å². The maximum Gasteiger partial charge on any atom is 0.266 e. The van der Waals surface area contributed by atoms with E-state index in [1.807, 2.05) is 67.6 Å². The number of rotatable bonds is 5. The summed E-state index contributed by atoms with van der Waals surface area (Å²) in [5, 5.41) is 1.67. The smallest absolute Gasteiger partial charge is 0.266 e. The number of anilines is 2. The summed E-state index contributed by atoms with van der Waals surface area (Å²) in [6.45, 7) is 1.96. The van der Waals surface area contributed by atoms with Crippen molar-refractivity contribution in [2.24, 2.45) is 5.92 Å². The summed E-state index contributed by atoms with van der Waals surface area (Å²) >= 11 is 0. The summed E-state index contributed by atoms with van der Waals surface area (Å²) in [6.07, 6.45) is -0.909. The minimum Gasteiger partial charge on any atom is -0.497 e. The van der Waals surface area contributed by atoms with Gasteiger partial charge in [-0.1, -0.05) is 29.8 Å². The molecule has 2 heterocycles. The largest absolute Gasteiger partial charge is 0.497 e. The average molecular weight is 444 g/mol. The molecule has 0 bridgehead atoms. The molecule has 0 aromatic heterocycles. The molecule has 3 atom stereocenters. The van der Waals surface area contributed by atoms with E-state index in [2.05, 4.69) is 0 Å². The van der Waals surface area contributed by atoms with Crippen molar-refractivity contribution in [3.63, 3.8) is 0 Å². The van der Waals surface area contributed by atoms with E-state index in [0.29, 0.717) is 17.2 Å². The number of amides is 2. The van der Waals surface area contributed by atoms with Crippen molar-refractivity contribution in [3.8, 4) is 11.5 Å². The van der Waals surface area contributed by atoms with Crippen molar-refractivity contribution in [2.75, 3.05) is 24.2 Å². The first-order valence-corrected chi connectivity index (χ1v) is 10.7. The summed E-state index contributed by atoms with van der Waals surface area (Å²) < 4.78 is 10.6. The van der Waals surface area contributed by atoms with Crippen LogP contribution in [0.2, 0.25) is 0 Å². The Balaban J connectivity index is 1.56. The van der Waals surface area contributed by atoms with Crippen LogP contribution >= 0.6 is 0 Å². The molecule has 3 aromatic rings. The van der Waals surface area contributed by atoms with Crippen molar-refractivity contribution in [2.45, 2.75) is 19.1 Å². The maximum atomic E-state index is 13.6. The first-order chi connectivity index (χ1) is 16.0. The van der Waals surface area contributed by atoms with Gasteiger partial charge in [-0.3, -0.25) is 14.4 Å². The highest BCUT2D eigenvalue weighted by Crippen LogP contribution is 2.48. The second-order valence-corrected chi connectivity index (χ2v) is 8.14. The molecule has 2 amide bonds. The normalized spacial score (nSPS) is 22.0. The third-order valence-electron chi connectivity index (χ3n) is 6.19. The molecule has 0 aliphatic carbocycles. The number of aryl methyl sites for hydroxylation is 1. The third kappa shape index (κ3) is 3.50. The van der Waals surface area contributed by atoms with E-state index in [0.717, 1.165) is 16.8 Å². The highest BCUT2D eigenvalue weighted by molar-refractivity contribution is 6.23. The standard InChI is InChI=1S/C26H24N2O5/c1-16-4-8-18(9-5-16)27-25(29)22-23(17-6-12-20(31-2)13-7-17)28(33-24(22)26(27)30)19-10-14-21(32-3)15-11-19/h4-15,22-24H,1-3H3. The van der Waals surface area contributed by atoms with Crippen LogP contribution in [0.15, 0.2) is 72.8 Å². The Morgan fingerprint density at radius 2 is 1.27 bits per heavy atom. The Hall–Kier alpha value is -3.84. The molecule has 3 unspecified atom stereocenters. The molecule has 0 saturated carbocycles. The number of hydroxylamine groups is 1. The highest BCUT2D eigenvalue weighted by Gasteiger charge is 2.60. The van der Waals surface area contributed by atoms with Crippen LogP contribution in [-0.4, -0.2) is 32.1 Å². The maximum absolute atomic E-state index is 13.6. The number of carbonyl (C=O) groups excluding carboxylic acids is 2. The summed E-state index contributed by atoms with van der Waals surface area (Å²) in [5.74, 6) is 0.0977. The van der Waals surface area contributed by atoms with E-state index in [1.165, 1.54) is 4.90 Å². The second-order valence-electron chi connectivity index (χ2n) is 8.14. The number of fused-ring (bicyclic) bond motifs is 1. The molecular formula is C26H24N2O5. The number of ether oxygens (including phenoxy) is 2. The zero-order valence-electron chi connectivity index (χ0n) is 18.6. The molecular weight excluding hydrogens is 420 g/mol. The quantitative estimate of drug-likeness (QED) is 0.553. The summed E-state index contributed by atoms with van der Waals surface area (Å²) in [7, 11) is 3.20. The number of benzene rings is 3. The predicted molar refractivity (Wildman–Crippen MR) is 123 cm³/mol. The van der Waals surface area contributed by atoms with Gasteiger partial charge in [0.15, 0.2) is 6.10 Å². The zero-order valence-corrected chi connectivity index (χ0v) is 18.6. The molecule has 5 rings (SSSR count). The van der Waals surface area contributed by atoms with Gasteiger partial charge < -0.3 is 9.47 Å². The van der Waals surface area contributed by atoms with Crippen molar-refractivity contribution in [3.05, 3.63) is 83.9 Å². The van der Waals surface area contributed by atoms with E-state index < -0.39 is 18.1 Å². The molecule has 2 fully saturated rings. The number of hydrogen-bond acceptors (Lipinski definition) is 6. The summed E-state index contributed by atoms with van der Waals surface area (Å²) in [4.78, 5) is 34.4. The molecule has 7 heteroatoms. The summed E-state index contributed by atoms with van der Waals surface area (Å²) in [6, 6.07) is 21.7. The van der Waals surface area contributed by atoms with Crippen LogP contribution in [0.25, 0.3) is 0 Å². The predicted octanol–water partition coefficient (Wildman–Crippen LogP) is 4.06. The van der Waals surface area contributed by atoms with Crippen LogP contribution in [-0.2, 0) is 14.4 Å². The van der Waals surface area contributed by atoms with Crippen molar-refractivity contribution in [1.29, 1.82) is 0 Å². The highest BCUT2D eigenvalue weighted by atomic mass is 16.7. The number of imide groups is 1. The van der Waals surface area contributed by atoms with Gasteiger partial charge in [-0.2, -0.15) is 0 Å². The Labute approximate surface area is 192 Å². The Kier molecular flexibility index (Phi) is 5.26. The van der Waals surface area contributed by atoms with E-state index in [9.17, 15) is 9.59 Å². The fraction of sp³-hybridized carbons (Fsp3) is 0.231. The van der Waals surface area contributed by atoms with E-state index >= 15 is 0 Å². The molecule has 7 nitrogen and oxygen atoms in total. The Bertz CT molecular complexity index is 1170. The molecule has 2 aliphatic heterocycles. The fourth-order valence-electron chi connectivity index (χ4n) is 4.46. The van der Waals surface area contributed by atoms with Gasteiger partial charge in [0.25, 0.3) is 5.91 Å². The first kappa shape index (κ1) is 21.0. The summed E-state index contributed by atoms with van der Waals surface area (Å²) in [5.41, 5.74) is 3.19. The lowest BCUT2D eigenvalue weighted by Gasteiger charge is -2.29. The lowest BCUT2D eigenvalue weighted by atomic mass is 9.90. The molecule has 0 N–H and O–H groups in total. The van der Waals surface area contributed by atoms with Crippen LogP contribution in [0.4, 0.5) is 11.4 Å². The number of carbonyl (C=O) groups is 2. The molecule has 2 aliphatic rings. The van der Waals surface area contributed by atoms with Crippen LogP contribution < -0.4 is 19.4 Å². The molecule has 33 heavy (non-hydrogen) atoms. The van der Waals surface area contributed by atoms with E-state index in [-0.39, 0.29) is 11.8 Å². The van der Waals surface area contributed by atoms with Gasteiger partial charge in [0.05, 0.1) is 31.6 Å². The van der Waals surface area contributed by atoms with Gasteiger partial charge in [-0.25, -0.2) is 9.96 Å². The van der Waals surface area contributed by atoms with Gasteiger partial charge in [0.2, 0.25) is 5.91 Å². The molecule has 3 aromatic carbocycles. The topological polar surface area (TPSA) is 68.3 Å². The second kappa shape index (κ2) is 8.26. The van der Waals surface area contributed by atoms with Crippen molar-refractivity contribution in [1.82, 2.24) is 0 Å². The average Bonchev–Trinajstić information content (AvgIpc) is 3.36. The Morgan fingerprint density at radius 3 is 1.85 bits per heavy atom. The third-order valence-corrected chi connectivity index (χ3v) is 6.19. The van der Waals surface area contributed by atoms with Gasteiger partial charge in [-0.05, 0) is 61.0 Å². The van der Waals surface area contributed by atoms with Crippen LogP contribution in [0, 0.1) is 12.8 Å². The van der Waals surface area contributed by atoms with Crippen molar-refractivity contribution >= 4 is 23.2 Å². The molecule has 168 valence electrons. The number of nitrogens with zero attached hydrogens (tertiary/aromatic N) is 2. The first-order valence-electron chi connectivity index (χ1n) is 10.7. The Morgan fingerprint density at radius 1 is 0.727 bits per heavy atom. The molecule has 0 radical (unpaired) electrons. The van der Waals surface area contributed by atoms with Gasteiger partial charge in [0.1, 0.15) is 17.4 Å². The minimum atomic E-state index is -0.909. The van der Waals surface area contributed by atoms with Crippen LogP contribution in [0.5, 0.6) is 11.5 Å². The number of methoxy groups -OCH3 is 2. The SMILES string of the molecule is COc1ccc(C2C3C(=O)N(c4ccc(C)cc4)C(=O)C3ON2c2ccc(OC)cc2)cc1. The van der Waals surface area contributed by atoms with Gasteiger partial charge in [0, 0.05) is 0 Å².